The maximum Gasteiger partial charge on any atom is 0.147 e. The summed E-state index contributed by atoms with van der Waals surface area (Å²) in [5.74, 6) is -0.998. The highest BCUT2D eigenvalue weighted by atomic mass is 35.5. The number of rotatable bonds is 3. The SMILES string of the molecule is N#Cc1ccc(NCc2ccc(Cl)cc2F)c(F)c1. The molecular weight excluding hydrogens is 270 g/mol. The van der Waals surface area contributed by atoms with E-state index < -0.39 is 11.6 Å². The third kappa shape index (κ3) is 3.21. The topological polar surface area (TPSA) is 35.8 Å². The van der Waals surface area contributed by atoms with E-state index in [1.165, 1.54) is 24.3 Å². The number of benzene rings is 2. The molecule has 0 radical (unpaired) electrons. The maximum atomic E-state index is 13.6. The normalized spacial score (nSPS) is 10.0. The minimum Gasteiger partial charge on any atom is -0.378 e. The molecule has 96 valence electrons. The number of nitrogens with zero attached hydrogens (tertiary/aromatic N) is 1. The van der Waals surface area contributed by atoms with E-state index >= 15 is 0 Å². The van der Waals surface area contributed by atoms with Crippen LogP contribution in [0.25, 0.3) is 0 Å². The third-order valence-electron chi connectivity index (χ3n) is 2.58. The summed E-state index contributed by atoms with van der Waals surface area (Å²) in [7, 11) is 0. The molecule has 0 bridgehead atoms. The molecular formula is C14H9ClF2N2. The van der Waals surface area contributed by atoms with Crippen LogP contribution in [0, 0.1) is 23.0 Å². The van der Waals surface area contributed by atoms with Gasteiger partial charge in [-0.1, -0.05) is 17.7 Å². The van der Waals surface area contributed by atoms with Crippen molar-refractivity contribution >= 4 is 17.3 Å². The second-order valence-electron chi connectivity index (χ2n) is 3.90. The van der Waals surface area contributed by atoms with Crippen LogP contribution in [0.5, 0.6) is 0 Å². The standard InChI is InChI=1S/C14H9ClF2N2/c15-11-3-2-10(12(16)6-11)8-19-14-4-1-9(7-18)5-13(14)17/h1-6,19H,8H2. The maximum absolute atomic E-state index is 13.6. The van der Waals surface area contributed by atoms with Crippen molar-refractivity contribution in [3.05, 3.63) is 64.2 Å². The zero-order valence-corrected chi connectivity index (χ0v) is 10.5. The lowest BCUT2D eigenvalue weighted by Gasteiger charge is -2.08. The molecule has 2 rings (SSSR count). The molecule has 0 aromatic heterocycles. The molecule has 0 saturated carbocycles. The van der Waals surface area contributed by atoms with Crippen LogP contribution in [0.1, 0.15) is 11.1 Å². The molecule has 2 aromatic carbocycles. The van der Waals surface area contributed by atoms with Crippen LogP contribution in [-0.2, 0) is 6.54 Å². The predicted molar refractivity (Wildman–Crippen MR) is 69.9 cm³/mol. The molecule has 0 amide bonds. The number of hydrogen-bond acceptors (Lipinski definition) is 2. The van der Waals surface area contributed by atoms with Crippen molar-refractivity contribution < 1.29 is 8.78 Å². The van der Waals surface area contributed by atoms with Gasteiger partial charge in [0.05, 0.1) is 17.3 Å². The summed E-state index contributed by atoms with van der Waals surface area (Å²) < 4.78 is 27.1. The first-order valence-corrected chi connectivity index (χ1v) is 5.85. The number of anilines is 1. The van der Waals surface area contributed by atoms with Gasteiger partial charge in [0, 0.05) is 17.1 Å². The average molecular weight is 279 g/mol. The monoisotopic (exact) mass is 278 g/mol. The Morgan fingerprint density at radius 1 is 1.11 bits per heavy atom. The molecule has 0 aliphatic carbocycles. The molecule has 0 saturated heterocycles. The number of nitriles is 1. The van der Waals surface area contributed by atoms with Crippen LogP contribution in [0.3, 0.4) is 0 Å². The van der Waals surface area contributed by atoms with Gasteiger partial charge in [0.25, 0.3) is 0 Å². The molecule has 0 heterocycles. The van der Waals surface area contributed by atoms with Crippen molar-refractivity contribution in [2.75, 3.05) is 5.32 Å². The summed E-state index contributed by atoms with van der Waals surface area (Å²) in [6.45, 7) is 0.131. The summed E-state index contributed by atoms with van der Waals surface area (Å²) in [6.07, 6.45) is 0. The van der Waals surface area contributed by atoms with E-state index in [9.17, 15) is 8.78 Å². The fraction of sp³-hybridized carbons (Fsp3) is 0.0714. The van der Waals surface area contributed by atoms with Gasteiger partial charge in [-0.3, -0.25) is 0 Å². The highest BCUT2D eigenvalue weighted by Crippen LogP contribution is 2.19. The van der Waals surface area contributed by atoms with E-state index in [1.807, 2.05) is 6.07 Å². The Labute approximate surface area is 114 Å². The van der Waals surface area contributed by atoms with Gasteiger partial charge < -0.3 is 5.32 Å². The van der Waals surface area contributed by atoms with E-state index in [-0.39, 0.29) is 17.8 Å². The lowest BCUT2D eigenvalue weighted by Crippen LogP contribution is -2.03. The molecule has 1 N–H and O–H groups in total. The van der Waals surface area contributed by atoms with Gasteiger partial charge in [0.15, 0.2) is 0 Å². The third-order valence-corrected chi connectivity index (χ3v) is 2.82. The minimum atomic E-state index is -0.548. The fourth-order valence-electron chi connectivity index (χ4n) is 1.58. The lowest BCUT2D eigenvalue weighted by atomic mass is 10.2. The van der Waals surface area contributed by atoms with Gasteiger partial charge in [-0.25, -0.2) is 8.78 Å². The largest absolute Gasteiger partial charge is 0.378 e. The van der Waals surface area contributed by atoms with Crippen molar-refractivity contribution in [3.63, 3.8) is 0 Å². The van der Waals surface area contributed by atoms with Gasteiger partial charge in [-0.15, -0.1) is 0 Å². The first kappa shape index (κ1) is 13.3. The average Bonchev–Trinajstić information content (AvgIpc) is 2.39. The Hall–Kier alpha value is -2.12. The molecule has 0 fully saturated rings. The van der Waals surface area contributed by atoms with Crippen molar-refractivity contribution in [3.8, 4) is 6.07 Å². The van der Waals surface area contributed by atoms with Crippen molar-refractivity contribution in [2.24, 2.45) is 0 Å². The highest BCUT2D eigenvalue weighted by molar-refractivity contribution is 6.30. The molecule has 2 aromatic rings. The van der Waals surface area contributed by atoms with E-state index in [0.717, 1.165) is 6.07 Å². The molecule has 0 aliphatic rings. The lowest BCUT2D eigenvalue weighted by molar-refractivity contribution is 0.610. The van der Waals surface area contributed by atoms with Crippen LogP contribution in [0.15, 0.2) is 36.4 Å². The molecule has 19 heavy (non-hydrogen) atoms. The van der Waals surface area contributed by atoms with Crippen LogP contribution in [0.2, 0.25) is 5.02 Å². The smallest absolute Gasteiger partial charge is 0.147 e. The Morgan fingerprint density at radius 3 is 2.53 bits per heavy atom. The van der Waals surface area contributed by atoms with E-state index in [4.69, 9.17) is 16.9 Å². The number of nitrogens with one attached hydrogen (secondary N) is 1. The summed E-state index contributed by atoms with van der Waals surface area (Å²) >= 11 is 5.64. The van der Waals surface area contributed by atoms with E-state index in [0.29, 0.717) is 10.6 Å². The summed E-state index contributed by atoms with van der Waals surface area (Å²) in [5, 5.41) is 11.7. The van der Waals surface area contributed by atoms with Crippen molar-refractivity contribution in [1.82, 2.24) is 0 Å². The molecule has 0 spiro atoms. The molecule has 0 unspecified atom stereocenters. The second kappa shape index (κ2) is 5.68. The molecule has 0 atom stereocenters. The van der Waals surface area contributed by atoms with Gasteiger partial charge in [-0.2, -0.15) is 5.26 Å². The van der Waals surface area contributed by atoms with Crippen LogP contribution < -0.4 is 5.32 Å². The van der Waals surface area contributed by atoms with Gasteiger partial charge in [-0.05, 0) is 30.3 Å². The summed E-state index contributed by atoms with van der Waals surface area (Å²) in [4.78, 5) is 0. The van der Waals surface area contributed by atoms with E-state index in [2.05, 4.69) is 5.32 Å². The summed E-state index contributed by atoms with van der Waals surface area (Å²) in [6, 6.07) is 10.2. The Bertz CT molecular complexity index is 650. The number of halogens is 3. The molecule has 0 aliphatic heterocycles. The van der Waals surface area contributed by atoms with Gasteiger partial charge >= 0.3 is 0 Å². The Morgan fingerprint density at radius 2 is 1.89 bits per heavy atom. The Kier molecular flexibility index (Phi) is 3.98. The van der Waals surface area contributed by atoms with Gasteiger partial charge in [0.1, 0.15) is 11.6 Å². The van der Waals surface area contributed by atoms with Crippen LogP contribution in [0.4, 0.5) is 14.5 Å². The molecule has 5 heteroatoms. The van der Waals surface area contributed by atoms with E-state index in [1.54, 1.807) is 6.07 Å². The van der Waals surface area contributed by atoms with Crippen molar-refractivity contribution in [2.45, 2.75) is 6.54 Å². The van der Waals surface area contributed by atoms with Gasteiger partial charge in [0.2, 0.25) is 0 Å². The summed E-state index contributed by atoms with van der Waals surface area (Å²) in [5.41, 5.74) is 0.835. The number of hydrogen-bond donors (Lipinski definition) is 1. The first-order valence-electron chi connectivity index (χ1n) is 5.47. The quantitative estimate of drug-likeness (QED) is 0.917. The zero-order valence-electron chi connectivity index (χ0n) is 9.75. The fourth-order valence-corrected chi connectivity index (χ4v) is 1.74. The van der Waals surface area contributed by atoms with Crippen LogP contribution >= 0.6 is 11.6 Å². The second-order valence-corrected chi connectivity index (χ2v) is 4.33. The Balaban J connectivity index is 2.13. The molecule has 2 nitrogen and oxygen atoms in total. The first-order chi connectivity index (χ1) is 9.10. The highest BCUT2D eigenvalue weighted by Gasteiger charge is 2.06. The van der Waals surface area contributed by atoms with Crippen LogP contribution in [-0.4, -0.2) is 0 Å². The zero-order chi connectivity index (χ0) is 13.8. The predicted octanol–water partition coefficient (Wildman–Crippen LogP) is 4.10. The van der Waals surface area contributed by atoms with Crippen molar-refractivity contribution in [1.29, 1.82) is 5.26 Å². The minimum absolute atomic E-state index is 0.131.